The first-order chi connectivity index (χ1) is 42.2. The number of allylic oxidation sites excluding steroid dienone is 15. The van der Waals surface area contributed by atoms with Crippen LogP contribution in [0.2, 0.25) is 0 Å². The molecule has 1 saturated heterocycles. The van der Waals surface area contributed by atoms with Gasteiger partial charge in [0.25, 0.3) is 0 Å². The van der Waals surface area contributed by atoms with Gasteiger partial charge in [0.15, 0.2) is 12.4 Å². The lowest BCUT2D eigenvalue weighted by atomic mass is 9.99. The number of carbonyl (C=O) groups is 2. The number of aliphatic hydroxyl groups excluding tert-OH is 5. The summed E-state index contributed by atoms with van der Waals surface area (Å²) in [5.74, 6) is -1.23. The molecule has 0 saturated carbocycles. The minimum Gasteiger partial charge on any atom is -0.454 e. The van der Waals surface area contributed by atoms with Crippen LogP contribution >= 0.6 is 0 Å². The average Bonchev–Trinajstić information content (AvgIpc) is 3.01. The number of hydrogen-bond donors (Lipinski definition) is 6. The number of esters is 1. The van der Waals surface area contributed by atoms with E-state index in [4.69, 9.17) is 14.2 Å². The Morgan fingerprint density at radius 2 is 0.837 bits per heavy atom. The predicted molar refractivity (Wildman–Crippen MR) is 361 cm³/mol. The Hall–Kier alpha value is -3.42. The van der Waals surface area contributed by atoms with Gasteiger partial charge in [0.2, 0.25) is 5.91 Å². The molecule has 0 radical (unpaired) electrons. The Bertz CT molecular complexity index is 1770. The molecule has 1 rings (SSSR count). The van der Waals surface area contributed by atoms with Gasteiger partial charge in [0, 0.05) is 6.42 Å². The highest BCUT2D eigenvalue weighted by Crippen LogP contribution is 2.26. The van der Waals surface area contributed by atoms with Crippen LogP contribution in [0.4, 0.5) is 0 Å². The second kappa shape index (κ2) is 61.8. The third-order valence-electron chi connectivity index (χ3n) is 16.2. The minimum absolute atomic E-state index is 0.0813. The zero-order valence-electron chi connectivity index (χ0n) is 55.2. The molecule has 8 atom stereocenters. The lowest BCUT2D eigenvalue weighted by molar-refractivity contribution is -0.305. The number of hydrogen-bond acceptors (Lipinski definition) is 10. The summed E-state index contributed by atoms with van der Waals surface area (Å²) in [4.78, 5) is 26.7. The Balaban J connectivity index is 2.58. The molecule has 0 bridgehead atoms. The molecule has 86 heavy (non-hydrogen) atoms. The Labute approximate surface area is 526 Å². The van der Waals surface area contributed by atoms with Crippen molar-refractivity contribution in [3.05, 3.63) is 97.2 Å². The summed E-state index contributed by atoms with van der Waals surface area (Å²) in [6.07, 6.45) is 73.1. The fraction of sp³-hybridized carbons (Fsp3) is 0.760. The third kappa shape index (κ3) is 48.5. The van der Waals surface area contributed by atoms with Crippen LogP contribution in [-0.4, -0.2) is 99.6 Å². The maximum Gasteiger partial charge on any atom is 0.306 e. The van der Waals surface area contributed by atoms with E-state index < -0.39 is 67.4 Å². The van der Waals surface area contributed by atoms with Gasteiger partial charge in [-0.1, -0.05) is 291 Å². The van der Waals surface area contributed by atoms with Crippen LogP contribution in [0.3, 0.4) is 0 Å². The lowest BCUT2D eigenvalue weighted by Gasteiger charge is -2.41. The van der Waals surface area contributed by atoms with Crippen LogP contribution < -0.4 is 5.32 Å². The van der Waals surface area contributed by atoms with Gasteiger partial charge in [-0.05, 0) is 103 Å². The lowest BCUT2D eigenvalue weighted by Crippen LogP contribution is -2.61. The molecule has 6 N–H and O–H groups in total. The number of ether oxygens (including phenoxy) is 3. The number of carbonyl (C=O) groups excluding carboxylic acids is 2. The van der Waals surface area contributed by atoms with Gasteiger partial charge in [-0.2, -0.15) is 0 Å². The number of rotatable bonds is 60. The second-order valence-electron chi connectivity index (χ2n) is 24.2. The summed E-state index contributed by atoms with van der Waals surface area (Å²) in [5, 5.41) is 57.2. The van der Waals surface area contributed by atoms with E-state index in [0.29, 0.717) is 12.8 Å². The smallest absolute Gasteiger partial charge is 0.306 e. The van der Waals surface area contributed by atoms with Gasteiger partial charge in [0.1, 0.15) is 24.4 Å². The molecule has 1 aliphatic rings. The summed E-state index contributed by atoms with van der Waals surface area (Å²) >= 11 is 0. The van der Waals surface area contributed by atoms with E-state index in [0.717, 1.165) is 96.3 Å². The van der Waals surface area contributed by atoms with Crippen LogP contribution in [0.25, 0.3) is 0 Å². The highest BCUT2D eigenvalue weighted by atomic mass is 16.7. The molecule has 0 aromatic rings. The van der Waals surface area contributed by atoms with Gasteiger partial charge in [-0.15, -0.1) is 0 Å². The van der Waals surface area contributed by atoms with E-state index in [1.165, 1.54) is 161 Å². The van der Waals surface area contributed by atoms with Crippen LogP contribution in [0.15, 0.2) is 97.2 Å². The minimum atomic E-state index is -1.63. The van der Waals surface area contributed by atoms with Crippen molar-refractivity contribution >= 4 is 11.9 Å². The van der Waals surface area contributed by atoms with Gasteiger partial charge >= 0.3 is 5.97 Å². The maximum absolute atomic E-state index is 13.5. The van der Waals surface area contributed by atoms with Crippen molar-refractivity contribution < 1.29 is 49.3 Å². The molecular formula is C75H131NO10. The van der Waals surface area contributed by atoms with E-state index in [-0.39, 0.29) is 19.4 Å². The summed E-state index contributed by atoms with van der Waals surface area (Å²) < 4.78 is 17.6. The van der Waals surface area contributed by atoms with Crippen LogP contribution in [0, 0.1) is 0 Å². The largest absolute Gasteiger partial charge is 0.454 e. The van der Waals surface area contributed by atoms with Crippen molar-refractivity contribution in [1.29, 1.82) is 0 Å². The molecular weight excluding hydrogens is 1070 g/mol. The van der Waals surface area contributed by atoms with E-state index in [1.54, 1.807) is 6.08 Å². The van der Waals surface area contributed by atoms with Crippen molar-refractivity contribution in [2.75, 3.05) is 13.2 Å². The van der Waals surface area contributed by atoms with Crippen molar-refractivity contribution in [2.24, 2.45) is 0 Å². The van der Waals surface area contributed by atoms with Crippen LogP contribution in [-0.2, 0) is 23.8 Å². The normalized spacial score (nSPS) is 18.9. The zero-order valence-corrected chi connectivity index (χ0v) is 55.2. The van der Waals surface area contributed by atoms with E-state index >= 15 is 0 Å². The molecule has 11 nitrogen and oxygen atoms in total. The highest BCUT2D eigenvalue weighted by Gasteiger charge is 2.47. The first-order valence-corrected chi connectivity index (χ1v) is 35.5. The average molecular weight is 1210 g/mol. The highest BCUT2D eigenvalue weighted by molar-refractivity contribution is 5.80. The fourth-order valence-corrected chi connectivity index (χ4v) is 10.7. The quantitative estimate of drug-likeness (QED) is 0.0195. The Kier molecular flexibility index (Phi) is 57.9. The first kappa shape index (κ1) is 80.6. The summed E-state index contributed by atoms with van der Waals surface area (Å²) in [6, 6.07) is -1.04. The topological polar surface area (TPSA) is 175 Å². The molecule has 0 aromatic heterocycles. The standard InChI is InChI=1S/C75H131NO10/c1-4-7-10-13-16-19-22-25-27-29-31-32-33-34-35-36-37-39-40-42-44-47-50-53-56-59-62-68(79)74(83)76-66(67(78)61-58-55-52-49-46-24-21-18-15-12-9-6-3)65-84-75-73(72(82)71(81)69(64-77)85-75)86-70(80)63-60-57-54-51-48-45-43-41-38-30-28-26-23-20-17-14-11-8-5-2/h8,11,16-17,19-20,25-28,38,41,45,48,58,61,66-69,71-73,75,77-79,81-82H,4-7,9-10,12-15,18,21-24,29-37,39-40,42-44,46-47,49-57,59-60,62-65H2,1-3H3,(H,76,83)/b11-8-,19-16-,20-17-,27-25-,28-26-,41-38-,48-45-,61-58+. The summed E-state index contributed by atoms with van der Waals surface area (Å²) in [7, 11) is 0. The third-order valence-corrected chi connectivity index (χ3v) is 16.2. The molecule has 1 heterocycles. The first-order valence-electron chi connectivity index (χ1n) is 35.5. The van der Waals surface area contributed by atoms with Crippen LogP contribution in [0.1, 0.15) is 303 Å². The fourth-order valence-electron chi connectivity index (χ4n) is 10.7. The molecule has 0 spiro atoms. The molecule has 0 aromatic carbocycles. The molecule has 8 unspecified atom stereocenters. The van der Waals surface area contributed by atoms with Gasteiger partial charge in [-0.3, -0.25) is 9.59 Å². The summed E-state index contributed by atoms with van der Waals surface area (Å²) in [6.45, 7) is 5.66. The Morgan fingerprint density at radius 3 is 1.28 bits per heavy atom. The molecule has 1 amide bonds. The molecule has 0 aliphatic carbocycles. The van der Waals surface area contributed by atoms with Gasteiger partial charge in [0.05, 0.1) is 25.4 Å². The van der Waals surface area contributed by atoms with Crippen molar-refractivity contribution in [1.82, 2.24) is 5.32 Å². The van der Waals surface area contributed by atoms with E-state index in [2.05, 4.69) is 111 Å². The SMILES string of the molecule is CC/C=C\C/C=C\C/C=C\C/C=C\C/C=C\CCCCCC(=O)OC1C(OCC(NC(=O)C(O)CCCCCCCCCCCCCCCCCC/C=C\C/C=C\CCCCC)C(O)/C=C/CCCCCCCCCCCC)OC(CO)C(O)C1O. The van der Waals surface area contributed by atoms with Crippen molar-refractivity contribution in [2.45, 2.75) is 352 Å². The zero-order chi connectivity index (χ0) is 62.4. The van der Waals surface area contributed by atoms with Crippen molar-refractivity contribution in [3.8, 4) is 0 Å². The van der Waals surface area contributed by atoms with E-state index in [1.807, 2.05) is 6.08 Å². The Morgan fingerprint density at radius 1 is 0.465 bits per heavy atom. The maximum atomic E-state index is 13.5. The monoisotopic (exact) mass is 1210 g/mol. The number of aliphatic hydroxyl groups is 5. The number of nitrogens with one attached hydrogen (secondary N) is 1. The second-order valence-corrected chi connectivity index (χ2v) is 24.2. The molecule has 1 fully saturated rings. The van der Waals surface area contributed by atoms with Gasteiger partial charge in [-0.25, -0.2) is 0 Å². The van der Waals surface area contributed by atoms with E-state index in [9.17, 15) is 35.1 Å². The van der Waals surface area contributed by atoms with Crippen LogP contribution in [0.5, 0.6) is 0 Å². The van der Waals surface area contributed by atoms with Crippen molar-refractivity contribution in [3.63, 3.8) is 0 Å². The number of unbranched alkanes of at least 4 members (excludes halogenated alkanes) is 32. The molecule has 496 valence electrons. The molecule has 1 aliphatic heterocycles. The predicted octanol–water partition coefficient (Wildman–Crippen LogP) is 18.2. The van der Waals surface area contributed by atoms with Gasteiger partial charge < -0.3 is 45.1 Å². The molecule has 11 heteroatoms. The number of amides is 1. The summed E-state index contributed by atoms with van der Waals surface area (Å²) in [5.41, 5.74) is 0.